The van der Waals surface area contributed by atoms with E-state index in [0.717, 1.165) is 25.8 Å². The fourth-order valence-corrected chi connectivity index (χ4v) is 5.22. The molecule has 0 aliphatic rings. The number of benzene rings is 3. The third kappa shape index (κ3) is 3.34. The van der Waals surface area contributed by atoms with Crippen LogP contribution >= 0.6 is 27.3 Å². The Balaban J connectivity index is 1.89. The van der Waals surface area contributed by atoms with Gasteiger partial charge in [-0.2, -0.15) is 0 Å². The first kappa shape index (κ1) is 19.9. The molecular weight excluding hydrogens is 479 g/mol. The van der Waals surface area contributed by atoms with Gasteiger partial charge in [-0.25, -0.2) is 13.8 Å². The minimum absolute atomic E-state index is 0.0600. The van der Waals surface area contributed by atoms with Gasteiger partial charge >= 0.3 is 5.69 Å². The topological polar surface area (TPSA) is 44.0 Å². The van der Waals surface area contributed by atoms with Gasteiger partial charge in [-0.1, -0.05) is 64.0 Å². The van der Waals surface area contributed by atoms with Crippen molar-refractivity contribution < 1.29 is 4.39 Å². The highest BCUT2D eigenvalue weighted by atomic mass is 79.9. The molecule has 3 aromatic carbocycles. The largest absolute Gasteiger partial charge is 0.336 e. The highest BCUT2D eigenvalue weighted by Gasteiger charge is 2.21. The first-order valence-corrected chi connectivity index (χ1v) is 11.2. The van der Waals surface area contributed by atoms with E-state index >= 15 is 0 Å². The molecule has 0 aliphatic heterocycles. The van der Waals surface area contributed by atoms with Crippen LogP contribution in [0.15, 0.2) is 80.8 Å². The van der Waals surface area contributed by atoms with E-state index in [2.05, 4.69) is 15.9 Å². The summed E-state index contributed by atoms with van der Waals surface area (Å²) in [6.07, 6.45) is 0. The summed E-state index contributed by atoms with van der Waals surface area (Å²) in [6, 6.07) is 19.8. The van der Waals surface area contributed by atoms with Crippen LogP contribution in [-0.2, 0) is 6.54 Å². The summed E-state index contributed by atoms with van der Waals surface area (Å²) in [5.74, 6) is -0.643. The Labute approximate surface area is 188 Å². The number of halogens is 2. The molecule has 0 atom stereocenters. The maximum absolute atomic E-state index is 14.8. The second-order valence-electron chi connectivity index (χ2n) is 7.37. The minimum atomic E-state index is -0.643. The standard InChI is InChI=1S/C24H16BrFN2O2S/c1-14-6-8-15(9-7-14)13-27-21-17-4-2-3-5-20(17)31-22(21)23(29)28(24(27)30)19-11-10-16(25)12-18(19)26/h2-12H,13H2,1H3. The highest BCUT2D eigenvalue weighted by Crippen LogP contribution is 2.31. The molecule has 0 saturated heterocycles. The Hall–Kier alpha value is -3.03. The van der Waals surface area contributed by atoms with Crippen LogP contribution < -0.4 is 11.2 Å². The first-order chi connectivity index (χ1) is 14.9. The van der Waals surface area contributed by atoms with Gasteiger partial charge in [-0.3, -0.25) is 9.36 Å². The fourth-order valence-electron chi connectivity index (χ4n) is 3.75. The second kappa shape index (κ2) is 7.59. The number of aromatic nitrogens is 2. The van der Waals surface area contributed by atoms with Crippen LogP contribution in [0.5, 0.6) is 0 Å². The van der Waals surface area contributed by atoms with Gasteiger partial charge in [0.15, 0.2) is 0 Å². The maximum Gasteiger partial charge on any atom is 0.336 e. The van der Waals surface area contributed by atoms with Crippen molar-refractivity contribution in [3.8, 4) is 5.69 Å². The molecule has 5 rings (SSSR count). The van der Waals surface area contributed by atoms with E-state index in [1.165, 1.54) is 23.5 Å². The summed E-state index contributed by atoms with van der Waals surface area (Å²) in [4.78, 5) is 27.0. The van der Waals surface area contributed by atoms with E-state index in [0.29, 0.717) is 14.7 Å². The van der Waals surface area contributed by atoms with Gasteiger partial charge in [-0.15, -0.1) is 11.3 Å². The van der Waals surface area contributed by atoms with E-state index in [1.54, 1.807) is 10.6 Å². The van der Waals surface area contributed by atoms with Crippen molar-refractivity contribution in [1.82, 2.24) is 9.13 Å². The smallest absolute Gasteiger partial charge is 0.287 e. The molecule has 0 spiro atoms. The quantitative estimate of drug-likeness (QED) is 0.326. The lowest BCUT2D eigenvalue weighted by atomic mass is 10.1. The summed E-state index contributed by atoms with van der Waals surface area (Å²) in [5.41, 5.74) is 1.49. The van der Waals surface area contributed by atoms with Gasteiger partial charge in [-0.05, 0) is 36.8 Å². The zero-order valence-electron chi connectivity index (χ0n) is 16.4. The number of aryl methyl sites for hydroxylation is 1. The lowest BCUT2D eigenvalue weighted by molar-refractivity contribution is 0.606. The summed E-state index contributed by atoms with van der Waals surface area (Å²) in [6.45, 7) is 2.27. The monoisotopic (exact) mass is 494 g/mol. The lowest BCUT2D eigenvalue weighted by Gasteiger charge is -2.14. The minimum Gasteiger partial charge on any atom is -0.287 e. The molecule has 0 N–H and O–H groups in total. The molecule has 2 aromatic heterocycles. The molecule has 0 aliphatic carbocycles. The zero-order valence-corrected chi connectivity index (χ0v) is 18.8. The van der Waals surface area contributed by atoms with Gasteiger partial charge in [0.1, 0.15) is 10.5 Å². The van der Waals surface area contributed by atoms with Crippen LogP contribution in [0.1, 0.15) is 11.1 Å². The summed E-state index contributed by atoms with van der Waals surface area (Å²) in [5, 5.41) is 0.840. The van der Waals surface area contributed by atoms with E-state index < -0.39 is 17.1 Å². The zero-order chi connectivity index (χ0) is 21.7. The van der Waals surface area contributed by atoms with Crippen molar-refractivity contribution in [1.29, 1.82) is 0 Å². The van der Waals surface area contributed by atoms with Crippen LogP contribution in [-0.4, -0.2) is 9.13 Å². The van der Waals surface area contributed by atoms with Crippen LogP contribution in [0.25, 0.3) is 26.0 Å². The first-order valence-electron chi connectivity index (χ1n) is 9.62. The second-order valence-corrected chi connectivity index (χ2v) is 9.33. The molecule has 31 heavy (non-hydrogen) atoms. The molecule has 0 unspecified atom stereocenters. The van der Waals surface area contributed by atoms with Crippen LogP contribution in [0.4, 0.5) is 4.39 Å². The Morgan fingerprint density at radius 1 is 1.00 bits per heavy atom. The molecule has 5 aromatic rings. The van der Waals surface area contributed by atoms with E-state index in [-0.39, 0.29) is 12.2 Å². The third-order valence-electron chi connectivity index (χ3n) is 5.27. The molecular formula is C24H16BrFN2O2S. The van der Waals surface area contributed by atoms with E-state index in [9.17, 15) is 14.0 Å². The van der Waals surface area contributed by atoms with Crippen molar-refractivity contribution in [2.24, 2.45) is 0 Å². The number of fused-ring (bicyclic) bond motifs is 3. The highest BCUT2D eigenvalue weighted by molar-refractivity contribution is 9.10. The molecule has 154 valence electrons. The van der Waals surface area contributed by atoms with Gasteiger partial charge in [0.2, 0.25) is 0 Å². The van der Waals surface area contributed by atoms with Gasteiger partial charge in [0.05, 0.1) is 17.7 Å². The van der Waals surface area contributed by atoms with Crippen LogP contribution in [0, 0.1) is 12.7 Å². The van der Waals surface area contributed by atoms with Crippen molar-refractivity contribution in [2.45, 2.75) is 13.5 Å². The third-order valence-corrected chi connectivity index (χ3v) is 6.91. The molecule has 2 heterocycles. The van der Waals surface area contributed by atoms with Crippen LogP contribution in [0.3, 0.4) is 0 Å². The van der Waals surface area contributed by atoms with E-state index in [4.69, 9.17) is 0 Å². The fraction of sp³-hybridized carbons (Fsp3) is 0.0833. The van der Waals surface area contributed by atoms with E-state index in [1.807, 2.05) is 55.5 Å². The predicted molar refractivity (Wildman–Crippen MR) is 127 cm³/mol. The molecule has 0 fully saturated rings. The molecule has 4 nitrogen and oxygen atoms in total. The van der Waals surface area contributed by atoms with Gasteiger partial charge < -0.3 is 0 Å². The number of hydrogen-bond acceptors (Lipinski definition) is 3. The number of nitrogens with zero attached hydrogens (tertiary/aromatic N) is 2. The summed E-state index contributed by atoms with van der Waals surface area (Å²) < 4.78 is 19.1. The average molecular weight is 495 g/mol. The Kier molecular flexibility index (Phi) is 4.87. The molecule has 0 radical (unpaired) electrons. The molecule has 0 saturated carbocycles. The molecule has 0 bridgehead atoms. The van der Waals surface area contributed by atoms with Crippen molar-refractivity contribution in [3.05, 3.63) is 109 Å². The Bertz CT molecular complexity index is 1580. The summed E-state index contributed by atoms with van der Waals surface area (Å²) in [7, 11) is 0. The van der Waals surface area contributed by atoms with Crippen molar-refractivity contribution in [2.75, 3.05) is 0 Å². The molecule has 7 heteroatoms. The maximum atomic E-state index is 14.8. The normalized spacial score (nSPS) is 11.5. The van der Waals surface area contributed by atoms with Crippen molar-refractivity contribution in [3.63, 3.8) is 0 Å². The van der Waals surface area contributed by atoms with Gasteiger partial charge in [0, 0.05) is 14.6 Å². The average Bonchev–Trinajstić information content (AvgIpc) is 3.14. The predicted octanol–water partition coefficient (Wildman–Crippen LogP) is 5.63. The molecule has 0 amide bonds. The Morgan fingerprint density at radius 2 is 1.74 bits per heavy atom. The van der Waals surface area contributed by atoms with Crippen LogP contribution in [0.2, 0.25) is 0 Å². The lowest BCUT2D eigenvalue weighted by Crippen LogP contribution is -2.39. The number of rotatable bonds is 3. The van der Waals surface area contributed by atoms with Gasteiger partial charge in [0.25, 0.3) is 5.56 Å². The van der Waals surface area contributed by atoms with Crippen molar-refractivity contribution >= 4 is 47.6 Å². The SMILES string of the molecule is Cc1ccc(Cn2c(=O)n(-c3ccc(Br)cc3F)c(=O)c3sc4ccccc4c32)cc1. The number of thiophene rings is 1. The Morgan fingerprint density at radius 3 is 2.48 bits per heavy atom. The number of hydrogen-bond donors (Lipinski definition) is 0. The summed E-state index contributed by atoms with van der Waals surface area (Å²) >= 11 is 4.54.